The van der Waals surface area contributed by atoms with Crippen molar-refractivity contribution < 1.29 is 4.74 Å². The second-order valence-corrected chi connectivity index (χ2v) is 6.55. The molecule has 1 atom stereocenters. The molecule has 1 aromatic rings. The van der Waals surface area contributed by atoms with Crippen molar-refractivity contribution >= 4 is 11.6 Å². The first-order chi connectivity index (χ1) is 10.2. The normalized spacial score (nSPS) is 16.0. The quantitative estimate of drug-likeness (QED) is 0.642. The third-order valence-corrected chi connectivity index (χ3v) is 4.48. The van der Waals surface area contributed by atoms with Crippen LogP contribution in [0, 0.1) is 5.92 Å². The van der Waals surface area contributed by atoms with Gasteiger partial charge < -0.3 is 10.1 Å². The average molecular weight is 310 g/mol. The largest absolute Gasteiger partial charge is 0.492 e. The Morgan fingerprint density at radius 3 is 2.76 bits per heavy atom. The minimum absolute atomic E-state index is 0.636. The Bertz CT molecular complexity index is 431. The smallest absolute Gasteiger partial charge is 0.137 e. The van der Waals surface area contributed by atoms with E-state index in [4.69, 9.17) is 16.3 Å². The second-order valence-electron chi connectivity index (χ2n) is 6.15. The van der Waals surface area contributed by atoms with E-state index in [1.165, 1.54) is 44.1 Å². The first kappa shape index (κ1) is 16.6. The number of rotatable bonds is 10. The van der Waals surface area contributed by atoms with Crippen LogP contribution in [-0.2, 0) is 6.54 Å². The van der Waals surface area contributed by atoms with Crippen LogP contribution in [0.25, 0.3) is 0 Å². The number of hydrogen-bond donors (Lipinski definition) is 1. The van der Waals surface area contributed by atoms with Gasteiger partial charge in [-0.3, -0.25) is 0 Å². The summed E-state index contributed by atoms with van der Waals surface area (Å²) in [5.41, 5.74) is 1.23. The zero-order valence-corrected chi connectivity index (χ0v) is 14.1. The molecule has 2 nitrogen and oxygen atoms in total. The number of unbranched alkanes of at least 4 members (excludes halogenated alkanes) is 1. The third kappa shape index (κ3) is 5.88. The van der Waals surface area contributed by atoms with E-state index in [-0.39, 0.29) is 0 Å². The van der Waals surface area contributed by atoms with Crippen LogP contribution in [0.5, 0.6) is 5.75 Å². The lowest BCUT2D eigenvalue weighted by molar-refractivity contribution is 0.233. The van der Waals surface area contributed by atoms with E-state index >= 15 is 0 Å². The van der Waals surface area contributed by atoms with Crippen molar-refractivity contribution in [1.82, 2.24) is 5.32 Å². The Labute approximate surface area is 134 Å². The zero-order valence-electron chi connectivity index (χ0n) is 13.3. The first-order valence-electron chi connectivity index (χ1n) is 8.37. The van der Waals surface area contributed by atoms with Crippen molar-refractivity contribution in [2.45, 2.75) is 65.0 Å². The summed E-state index contributed by atoms with van der Waals surface area (Å²) in [5, 5.41) is 4.23. The standard InChI is InChI=1S/C18H28ClNO/c1-3-5-6-14(4-2)13-21-18-10-7-15(11-17(18)19)12-20-16-8-9-16/h7,10-11,14,16,20H,3-6,8-9,12-13H2,1-2H3. The van der Waals surface area contributed by atoms with Crippen LogP contribution >= 0.6 is 11.6 Å². The maximum atomic E-state index is 6.34. The highest BCUT2D eigenvalue weighted by atomic mass is 35.5. The fourth-order valence-corrected chi connectivity index (χ4v) is 2.68. The molecule has 0 aromatic heterocycles. The van der Waals surface area contributed by atoms with Crippen molar-refractivity contribution in [3.8, 4) is 5.75 Å². The molecule has 0 spiro atoms. The summed E-state index contributed by atoms with van der Waals surface area (Å²) in [6.45, 7) is 6.14. The van der Waals surface area contributed by atoms with Crippen molar-refractivity contribution in [3.05, 3.63) is 28.8 Å². The highest BCUT2D eigenvalue weighted by Crippen LogP contribution is 2.27. The van der Waals surface area contributed by atoms with Gasteiger partial charge >= 0.3 is 0 Å². The van der Waals surface area contributed by atoms with Gasteiger partial charge in [0.1, 0.15) is 5.75 Å². The molecule has 1 saturated carbocycles. The minimum Gasteiger partial charge on any atom is -0.492 e. The Kier molecular flexibility index (Phi) is 6.85. The fraction of sp³-hybridized carbons (Fsp3) is 0.667. The average Bonchev–Trinajstić information content (AvgIpc) is 3.31. The van der Waals surface area contributed by atoms with Crippen LogP contribution < -0.4 is 10.1 Å². The van der Waals surface area contributed by atoms with Crippen molar-refractivity contribution in [2.24, 2.45) is 5.92 Å². The molecule has 1 N–H and O–H groups in total. The molecule has 0 heterocycles. The van der Waals surface area contributed by atoms with E-state index in [0.29, 0.717) is 5.92 Å². The van der Waals surface area contributed by atoms with Gasteiger partial charge in [0.05, 0.1) is 11.6 Å². The van der Waals surface area contributed by atoms with Gasteiger partial charge in [0.15, 0.2) is 0 Å². The van der Waals surface area contributed by atoms with Gasteiger partial charge in [-0.05, 0) is 42.9 Å². The van der Waals surface area contributed by atoms with Crippen LogP contribution in [0.2, 0.25) is 5.02 Å². The number of hydrogen-bond acceptors (Lipinski definition) is 2. The summed E-state index contributed by atoms with van der Waals surface area (Å²) >= 11 is 6.34. The van der Waals surface area contributed by atoms with Gasteiger partial charge in [-0.1, -0.05) is 50.8 Å². The number of nitrogens with one attached hydrogen (secondary N) is 1. The first-order valence-corrected chi connectivity index (χ1v) is 8.75. The lowest BCUT2D eigenvalue weighted by atomic mass is 10.0. The SMILES string of the molecule is CCCCC(CC)COc1ccc(CNC2CC2)cc1Cl. The number of benzene rings is 1. The van der Waals surface area contributed by atoms with Gasteiger partial charge in [-0.15, -0.1) is 0 Å². The molecular formula is C18H28ClNO. The van der Waals surface area contributed by atoms with Crippen molar-refractivity contribution in [3.63, 3.8) is 0 Å². The van der Waals surface area contributed by atoms with Gasteiger partial charge in [-0.2, -0.15) is 0 Å². The maximum absolute atomic E-state index is 6.34. The van der Waals surface area contributed by atoms with Crippen molar-refractivity contribution in [2.75, 3.05) is 6.61 Å². The van der Waals surface area contributed by atoms with Crippen LogP contribution in [0.4, 0.5) is 0 Å². The van der Waals surface area contributed by atoms with Gasteiger partial charge in [0, 0.05) is 12.6 Å². The molecule has 1 aromatic carbocycles. The fourth-order valence-electron chi connectivity index (χ4n) is 2.43. The molecule has 21 heavy (non-hydrogen) atoms. The highest BCUT2D eigenvalue weighted by Gasteiger charge is 2.20. The minimum atomic E-state index is 0.636. The Hall–Kier alpha value is -0.730. The lowest BCUT2D eigenvalue weighted by Crippen LogP contribution is -2.15. The second kappa shape index (κ2) is 8.65. The highest BCUT2D eigenvalue weighted by molar-refractivity contribution is 6.32. The number of halogens is 1. The topological polar surface area (TPSA) is 21.3 Å². The monoisotopic (exact) mass is 309 g/mol. The molecule has 3 heteroatoms. The summed E-state index contributed by atoms with van der Waals surface area (Å²) in [7, 11) is 0. The van der Waals surface area contributed by atoms with Gasteiger partial charge in [0.2, 0.25) is 0 Å². The van der Waals surface area contributed by atoms with Crippen LogP contribution in [0.3, 0.4) is 0 Å². The van der Waals surface area contributed by atoms with E-state index in [0.717, 1.165) is 30.0 Å². The Morgan fingerprint density at radius 1 is 1.33 bits per heavy atom. The summed E-state index contributed by atoms with van der Waals surface area (Å²) in [5.74, 6) is 1.46. The molecule has 118 valence electrons. The van der Waals surface area contributed by atoms with E-state index in [2.05, 4.69) is 25.2 Å². The lowest BCUT2D eigenvalue weighted by Gasteiger charge is -2.16. The summed E-state index contributed by atoms with van der Waals surface area (Å²) in [4.78, 5) is 0. The van der Waals surface area contributed by atoms with E-state index in [9.17, 15) is 0 Å². The molecule has 1 fully saturated rings. The molecule has 0 saturated heterocycles. The molecule has 1 aliphatic rings. The molecule has 1 unspecified atom stereocenters. The molecule has 0 aliphatic heterocycles. The van der Waals surface area contributed by atoms with Crippen molar-refractivity contribution in [1.29, 1.82) is 0 Å². The summed E-state index contributed by atoms with van der Waals surface area (Å²) < 4.78 is 5.93. The Morgan fingerprint density at radius 2 is 2.14 bits per heavy atom. The van der Waals surface area contributed by atoms with E-state index in [1.807, 2.05) is 12.1 Å². The predicted molar refractivity (Wildman–Crippen MR) is 90.1 cm³/mol. The molecule has 0 radical (unpaired) electrons. The zero-order chi connectivity index (χ0) is 15.1. The number of ether oxygens (including phenoxy) is 1. The molecular weight excluding hydrogens is 282 g/mol. The predicted octanol–water partition coefficient (Wildman–Crippen LogP) is 5.19. The van der Waals surface area contributed by atoms with E-state index < -0.39 is 0 Å². The van der Waals surface area contributed by atoms with Gasteiger partial charge in [0.25, 0.3) is 0 Å². The van der Waals surface area contributed by atoms with Gasteiger partial charge in [-0.25, -0.2) is 0 Å². The summed E-state index contributed by atoms with van der Waals surface area (Å²) in [6, 6.07) is 6.88. The Balaban J connectivity index is 1.81. The van der Waals surface area contributed by atoms with Crippen LogP contribution in [0.1, 0.15) is 57.9 Å². The molecule has 2 rings (SSSR count). The maximum Gasteiger partial charge on any atom is 0.137 e. The molecule has 0 amide bonds. The van der Waals surface area contributed by atoms with Crippen LogP contribution in [0.15, 0.2) is 18.2 Å². The van der Waals surface area contributed by atoms with E-state index in [1.54, 1.807) is 0 Å². The third-order valence-electron chi connectivity index (χ3n) is 4.19. The molecule has 1 aliphatic carbocycles. The summed E-state index contributed by atoms with van der Waals surface area (Å²) in [6.07, 6.45) is 7.56. The molecule has 0 bridgehead atoms. The van der Waals surface area contributed by atoms with Crippen LogP contribution in [-0.4, -0.2) is 12.6 Å².